The van der Waals surface area contributed by atoms with Gasteiger partial charge in [0.25, 0.3) is 5.91 Å². The Labute approximate surface area is 183 Å². The molecule has 1 heterocycles. The van der Waals surface area contributed by atoms with Gasteiger partial charge in [-0.15, -0.1) is 0 Å². The molecule has 2 aliphatic rings. The number of aromatic hydroxyl groups is 2. The molecule has 4 rings (SSSR count). The Morgan fingerprint density at radius 1 is 1.00 bits per heavy atom. The molecule has 3 atom stereocenters. The van der Waals surface area contributed by atoms with Crippen molar-refractivity contribution in [3.05, 3.63) is 59.2 Å². The van der Waals surface area contributed by atoms with Crippen molar-refractivity contribution in [2.45, 2.75) is 63.1 Å². The van der Waals surface area contributed by atoms with Gasteiger partial charge < -0.3 is 25.5 Å². The quantitative estimate of drug-likeness (QED) is 0.550. The lowest BCUT2D eigenvalue weighted by molar-refractivity contribution is 0.0546. The van der Waals surface area contributed by atoms with E-state index in [9.17, 15) is 20.1 Å². The maximum absolute atomic E-state index is 12.7. The van der Waals surface area contributed by atoms with Crippen LogP contribution in [0.15, 0.2) is 42.5 Å². The number of amides is 1. The van der Waals surface area contributed by atoms with Crippen LogP contribution in [0.4, 0.5) is 0 Å². The van der Waals surface area contributed by atoms with Gasteiger partial charge in [0, 0.05) is 30.7 Å². The van der Waals surface area contributed by atoms with Crippen LogP contribution >= 0.6 is 0 Å². The van der Waals surface area contributed by atoms with Gasteiger partial charge in [-0.3, -0.25) is 4.79 Å². The highest BCUT2D eigenvalue weighted by molar-refractivity contribution is 5.94. The van der Waals surface area contributed by atoms with E-state index in [1.165, 1.54) is 11.6 Å². The molecule has 1 saturated carbocycles. The average molecular weight is 425 g/mol. The minimum absolute atomic E-state index is 0.0513. The van der Waals surface area contributed by atoms with Gasteiger partial charge in [0.15, 0.2) is 11.5 Å². The third-order valence-corrected chi connectivity index (χ3v) is 6.80. The van der Waals surface area contributed by atoms with E-state index in [0.717, 1.165) is 24.8 Å². The van der Waals surface area contributed by atoms with E-state index in [4.69, 9.17) is 0 Å². The largest absolute Gasteiger partial charge is 0.504 e. The number of phenolic OH excluding ortho intramolecular Hbond substituents is 2. The number of carbonyl (C=O) groups excluding carboxylic acids is 1. The minimum atomic E-state index is -0.280. The lowest BCUT2D eigenvalue weighted by Crippen LogP contribution is -2.40. The van der Waals surface area contributed by atoms with Crippen LogP contribution in [0.25, 0.3) is 0 Å². The Morgan fingerprint density at radius 2 is 1.71 bits per heavy atom. The first-order valence-corrected chi connectivity index (χ1v) is 11.3. The van der Waals surface area contributed by atoms with E-state index in [-0.39, 0.29) is 29.6 Å². The van der Waals surface area contributed by atoms with Gasteiger partial charge in [-0.25, -0.2) is 0 Å². The molecule has 1 saturated heterocycles. The number of rotatable bonds is 5. The number of likely N-dealkylation sites (tertiary alicyclic amines) is 1. The predicted octanol–water partition coefficient (Wildman–Crippen LogP) is 3.68. The Kier molecular flexibility index (Phi) is 6.49. The number of benzene rings is 2. The van der Waals surface area contributed by atoms with Crippen LogP contribution < -0.4 is 5.32 Å². The van der Waals surface area contributed by atoms with Crippen molar-refractivity contribution >= 4 is 5.91 Å². The summed E-state index contributed by atoms with van der Waals surface area (Å²) in [5, 5.41) is 32.5. The molecule has 6 heteroatoms. The molecule has 0 bridgehead atoms. The highest BCUT2D eigenvalue weighted by Crippen LogP contribution is 2.36. The van der Waals surface area contributed by atoms with Crippen molar-refractivity contribution in [2.24, 2.45) is 0 Å². The van der Waals surface area contributed by atoms with E-state index < -0.39 is 0 Å². The number of nitrogens with zero attached hydrogens (tertiary/aromatic N) is 1. The number of aliphatic hydroxyl groups is 1. The van der Waals surface area contributed by atoms with Crippen LogP contribution in [-0.4, -0.2) is 51.4 Å². The second-order valence-electron chi connectivity index (χ2n) is 8.99. The van der Waals surface area contributed by atoms with Crippen LogP contribution in [0.5, 0.6) is 11.5 Å². The second kappa shape index (κ2) is 9.28. The zero-order valence-corrected chi connectivity index (χ0v) is 18.0. The van der Waals surface area contributed by atoms with Crippen molar-refractivity contribution in [3.8, 4) is 11.5 Å². The third kappa shape index (κ3) is 5.02. The van der Waals surface area contributed by atoms with Gasteiger partial charge in [0.05, 0.1) is 6.10 Å². The summed E-state index contributed by atoms with van der Waals surface area (Å²) in [7, 11) is 0. The summed E-state index contributed by atoms with van der Waals surface area (Å²) >= 11 is 0. The second-order valence-corrected chi connectivity index (χ2v) is 8.99. The molecule has 4 N–H and O–H groups in total. The summed E-state index contributed by atoms with van der Waals surface area (Å²) in [5.41, 5.74) is 2.94. The van der Waals surface area contributed by atoms with Crippen LogP contribution in [0.1, 0.15) is 72.5 Å². The van der Waals surface area contributed by atoms with Gasteiger partial charge in [-0.05, 0) is 80.3 Å². The van der Waals surface area contributed by atoms with E-state index in [1.807, 2.05) is 23.1 Å². The standard InChI is InChI=1S/C25H32N2O4/c1-16(19-7-9-23(29)24(30)15-19)26-21-8-6-20(14-21)17-2-4-18(5-3-17)25(31)27-12-10-22(28)11-13-27/h2-5,7,9,15-16,20-22,26,28-30H,6,8,10-14H2,1H3/t16?,20-,21?/m0/s1. The summed E-state index contributed by atoms with van der Waals surface area (Å²) in [4.78, 5) is 14.5. The molecule has 1 aliphatic heterocycles. The van der Waals surface area contributed by atoms with E-state index in [1.54, 1.807) is 6.07 Å². The molecule has 6 nitrogen and oxygen atoms in total. The zero-order valence-electron chi connectivity index (χ0n) is 18.0. The maximum Gasteiger partial charge on any atom is 0.253 e. The molecule has 31 heavy (non-hydrogen) atoms. The van der Waals surface area contributed by atoms with Gasteiger partial charge in [0.1, 0.15) is 0 Å². The Hall–Kier alpha value is -2.57. The van der Waals surface area contributed by atoms with Crippen LogP contribution in [0, 0.1) is 0 Å². The number of piperidine rings is 1. The van der Waals surface area contributed by atoms with Gasteiger partial charge >= 0.3 is 0 Å². The average Bonchev–Trinajstić information content (AvgIpc) is 3.24. The normalized spacial score (nSPS) is 23.1. The Bertz CT molecular complexity index is 906. The molecular formula is C25H32N2O4. The number of carbonyl (C=O) groups is 1. The van der Waals surface area contributed by atoms with Crippen LogP contribution in [0.3, 0.4) is 0 Å². The highest BCUT2D eigenvalue weighted by atomic mass is 16.3. The summed E-state index contributed by atoms with van der Waals surface area (Å²) < 4.78 is 0. The molecule has 0 radical (unpaired) electrons. The topological polar surface area (TPSA) is 93.0 Å². The fourth-order valence-electron chi connectivity index (χ4n) is 4.84. The van der Waals surface area contributed by atoms with Gasteiger partial charge in [-0.1, -0.05) is 18.2 Å². The van der Waals surface area contributed by atoms with Crippen molar-refractivity contribution in [3.63, 3.8) is 0 Å². The molecule has 0 aromatic heterocycles. The van der Waals surface area contributed by atoms with Crippen molar-refractivity contribution in [2.75, 3.05) is 13.1 Å². The molecule has 166 valence electrons. The third-order valence-electron chi connectivity index (χ3n) is 6.80. The molecule has 1 amide bonds. The van der Waals surface area contributed by atoms with E-state index in [0.29, 0.717) is 43.5 Å². The van der Waals surface area contributed by atoms with E-state index in [2.05, 4.69) is 24.4 Å². The molecule has 2 fully saturated rings. The molecule has 2 aromatic rings. The van der Waals surface area contributed by atoms with Crippen molar-refractivity contribution < 1.29 is 20.1 Å². The molecule has 0 spiro atoms. The van der Waals surface area contributed by atoms with Crippen molar-refractivity contribution in [1.82, 2.24) is 10.2 Å². The summed E-state index contributed by atoms with van der Waals surface area (Å²) in [6, 6.07) is 13.5. The summed E-state index contributed by atoms with van der Waals surface area (Å²) in [6.07, 6.45) is 4.24. The van der Waals surface area contributed by atoms with Gasteiger partial charge in [0.2, 0.25) is 0 Å². The first-order valence-electron chi connectivity index (χ1n) is 11.3. The smallest absolute Gasteiger partial charge is 0.253 e. The molecular weight excluding hydrogens is 392 g/mol. The zero-order chi connectivity index (χ0) is 22.0. The van der Waals surface area contributed by atoms with Crippen LogP contribution in [0.2, 0.25) is 0 Å². The van der Waals surface area contributed by atoms with Gasteiger partial charge in [-0.2, -0.15) is 0 Å². The number of hydrogen-bond acceptors (Lipinski definition) is 5. The summed E-state index contributed by atoms with van der Waals surface area (Å²) in [5.74, 6) is 0.324. The van der Waals surface area contributed by atoms with Crippen molar-refractivity contribution in [1.29, 1.82) is 0 Å². The lowest BCUT2D eigenvalue weighted by atomic mass is 9.96. The minimum Gasteiger partial charge on any atom is -0.504 e. The first-order chi connectivity index (χ1) is 14.9. The number of phenols is 2. The van der Waals surface area contributed by atoms with Crippen LogP contribution in [-0.2, 0) is 0 Å². The predicted molar refractivity (Wildman–Crippen MR) is 119 cm³/mol. The maximum atomic E-state index is 12.7. The molecule has 2 unspecified atom stereocenters. The number of hydrogen-bond donors (Lipinski definition) is 4. The first kappa shape index (κ1) is 21.7. The molecule has 2 aromatic carbocycles. The fourth-order valence-corrected chi connectivity index (χ4v) is 4.84. The Morgan fingerprint density at radius 3 is 2.39 bits per heavy atom. The number of nitrogens with one attached hydrogen (secondary N) is 1. The van der Waals surface area contributed by atoms with E-state index >= 15 is 0 Å². The monoisotopic (exact) mass is 424 g/mol. The Balaban J connectivity index is 1.32. The number of aliphatic hydroxyl groups excluding tert-OH is 1. The molecule has 1 aliphatic carbocycles. The highest BCUT2D eigenvalue weighted by Gasteiger charge is 2.28. The fraction of sp³-hybridized carbons (Fsp3) is 0.480. The summed E-state index contributed by atoms with van der Waals surface area (Å²) in [6.45, 7) is 3.31. The lowest BCUT2D eigenvalue weighted by Gasteiger charge is -2.29. The SMILES string of the molecule is CC(NC1CC[C@H](c2ccc(C(=O)N3CCC(O)CC3)cc2)C1)c1ccc(O)c(O)c1.